The maximum Gasteiger partial charge on any atom is 0.573 e. The minimum atomic E-state index is -5.05. The van der Waals surface area contributed by atoms with Crippen LogP contribution < -0.4 is 9.88 Å². The van der Waals surface area contributed by atoms with Gasteiger partial charge in [0.1, 0.15) is 0 Å². The first-order valence-corrected chi connectivity index (χ1v) is 7.06. The lowest BCUT2D eigenvalue weighted by molar-refractivity contribution is -0.276. The minimum absolute atomic E-state index is 0.186. The van der Waals surface area contributed by atoms with Crippen molar-refractivity contribution in [3.05, 3.63) is 14.2 Å². The second kappa shape index (κ2) is 4.85. The van der Waals surface area contributed by atoms with Crippen molar-refractivity contribution in [1.29, 1.82) is 0 Å². The maximum atomic E-state index is 12.1. The molecule has 0 bridgehead atoms. The Morgan fingerprint density at radius 1 is 1.47 bits per heavy atom. The minimum Gasteiger partial charge on any atom is -0.401 e. The van der Waals surface area contributed by atoms with Crippen LogP contribution in [0, 0.1) is 3.57 Å². The highest BCUT2D eigenvalue weighted by Gasteiger charge is 2.36. The van der Waals surface area contributed by atoms with E-state index in [0.717, 1.165) is 6.20 Å². The second-order valence-electron chi connectivity index (χ2n) is 2.65. The zero-order valence-electron chi connectivity index (χ0n) is 7.62. The summed E-state index contributed by atoms with van der Waals surface area (Å²) in [5.41, 5.74) is 0. The van der Waals surface area contributed by atoms with Gasteiger partial charge in [-0.25, -0.2) is 18.5 Å². The first-order chi connectivity index (χ1) is 7.52. The SMILES string of the molecule is NS(=O)(=O)c1ncc(I)c(Br)c1OC(F)(F)F. The lowest BCUT2D eigenvalue weighted by Crippen LogP contribution is -2.22. The molecule has 0 atom stereocenters. The topological polar surface area (TPSA) is 82.3 Å². The third-order valence-electron chi connectivity index (χ3n) is 1.39. The molecule has 96 valence electrons. The van der Waals surface area contributed by atoms with Crippen molar-refractivity contribution in [3.63, 3.8) is 0 Å². The Balaban J connectivity index is 3.48. The normalized spacial score (nSPS) is 12.6. The molecule has 1 heterocycles. The van der Waals surface area contributed by atoms with E-state index < -0.39 is 27.2 Å². The molecule has 0 amide bonds. The summed E-state index contributed by atoms with van der Waals surface area (Å²) in [5.74, 6) is -0.980. The Kier molecular flexibility index (Phi) is 4.26. The lowest BCUT2D eigenvalue weighted by atomic mass is 10.5. The fourth-order valence-corrected chi connectivity index (χ4v) is 2.33. The molecule has 1 aromatic heterocycles. The molecule has 0 aliphatic rings. The van der Waals surface area contributed by atoms with Gasteiger partial charge in [-0.15, -0.1) is 13.2 Å². The number of sulfonamides is 1. The molecule has 2 N–H and O–H groups in total. The van der Waals surface area contributed by atoms with Gasteiger partial charge in [0.2, 0.25) is 5.03 Å². The third kappa shape index (κ3) is 3.93. The number of rotatable bonds is 2. The molecule has 5 nitrogen and oxygen atoms in total. The van der Waals surface area contributed by atoms with Gasteiger partial charge in [-0.1, -0.05) is 0 Å². The van der Waals surface area contributed by atoms with Crippen LogP contribution in [0.5, 0.6) is 5.75 Å². The van der Waals surface area contributed by atoms with Crippen molar-refractivity contribution in [2.45, 2.75) is 11.4 Å². The first-order valence-electron chi connectivity index (χ1n) is 3.65. The molecule has 1 aromatic rings. The van der Waals surface area contributed by atoms with Crippen LogP contribution in [0.15, 0.2) is 15.7 Å². The molecule has 0 saturated carbocycles. The van der Waals surface area contributed by atoms with Crippen molar-refractivity contribution >= 4 is 48.5 Å². The van der Waals surface area contributed by atoms with E-state index in [1.54, 1.807) is 22.6 Å². The van der Waals surface area contributed by atoms with Crippen LogP contribution in [-0.4, -0.2) is 19.8 Å². The molecular weight excluding hydrogens is 444 g/mol. The number of primary sulfonamides is 1. The summed E-state index contributed by atoms with van der Waals surface area (Å²) in [6, 6.07) is 0. The Hall–Kier alpha value is -0.140. The summed E-state index contributed by atoms with van der Waals surface area (Å²) in [6.07, 6.45) is -4.00. The van der Waals surface area contributed by atoms with E-state index in [1.807, 2.05) is 0 Å². The van der Waals surface area contributed by atoms with Gasteiger partial charge in [0, 0.05) is 9.77 Å². The largest absolute Gasteiger partial charge is 0.573 e. The number of ether oxygens (including phenoxy) is 1. The number of hydrogen-bond donors (Lipinski definition) is 1. The van der Waals surface area contributed by atoms with Gasteiger partial charge in [0.25, 0.3) is 10.0 Å². The number of aromatic nitrogens is 1. The Labute approximate surface area is 116 Å². The third-order valence-corrected chi connectivity index (χ3v) is 4.56. The molecule has 0 unspecified atom stereocenters. The Morgan fingerprint density at radius 2 is 2.00 bits per heavy atom. The van der Waals surface area contributed by atoms with E-state index in [4.69, 9.17) is 5.14 Å². The van der Waals surface area contributed by atoms with Gasteiger partial charge in [-0.2, -0.15) is 0 Å². The zero-order valence-corrected chi connectivity index (χ0v) is 12.2. The number of hydrogen-bond acceptors (Lipinski definition) is 4. The van der Waals surface area contributed by atoms with Crippen molar-refractivity contribution < 1.29 is 26.3 Å². The van der Waals surface area contributed by atoms with Crippen molar-refractivity contribution in [1.82, 2.24) is 4.98 Å². The number of pyridine rings is 1. The maximum absolute atomic E-state index is 12.1. The van der Waals surface area contributed by atoms with Crippen molar-refractivity contribution in [3.8, 4) is 5.75 Å². The molecule has 0 aliphatic heterocycles. The average Bonchev–Trinajstić information content (AvgIpc) is 2.08. The van der Waals surface area contributed by atoms with Crippen LogP contribution in [0.1, 0.15) is 0 Å². The average molecular weight is 447 g/mol. The van der Waals surface area contributed by atoms with Crippen molar-refractivity contribution in [2.24, 2.45) is 5.14 Å². The number of nitrogens with two attached hydrogens (primary N) is 1. The summed E-state index contributed by atoms with van der Waals surface area (Å²) in [5, 5.41) is 3.75. The van der Waals surface area contributed by atoms with E-state index in [2.05, 4.69) is 25.7 Å². The second-order valence-corrected chi connectivity index (χ2v) is 6.08. The molecule has 0 aromatic carbocycles. The fourth-order valence-electron chi connectivity index (χ4n) is 0.840. The molecule has 0 aliphatic carbocycles. The van der Waals surface area contributed by atoms with Gasteiger partial charge < -0.3 is 4.74 Å². The molecule has 0 radical (unpaired) electrons. The van der Waals surface area contributed by atoms with Gasteiger partial charge in [-0.3, -0.25) is 0 Å². The fraction of sp³-hybridized carbons (Fsp3) is 0.167. The molecule has 17 heavy (non-hydrogen) atoms. The summed E-state index contributed by atoms with van der Waals surface area (Å²) in [4.78, 5) is 3.32. The Bertz CT molecular complexity index is 548. The number of alkyl halides is 3. The van der Waals surface area contributed by atoms with E-state index in [-0.39, 0.29) is 8.04 Å². The smallest absolute Gasteiger partial charge is 0.401 e. The van der Waals surface area contributed by atoms with Gasteiger partial charge in [-0.05, 0) is 38.5 Å². The lowest BCUT2D eigenvalue weighted by Gasteiger charge is -2.13. The van der Waals surface area contributed by atoms with Crippen LogP contribution in [0.3, 0.4) is 0 Å². The van der Waals surface area contributed by atoms with E-state index in [0.29, 0.717) is 0 Å². The van der Waals surface area contributed by atoms with Gasteiger partial charge >= 0.3 is 6.36 Å². The van der Waals surface area contributed by atoms with Gasteiger partial charge in [0.15, 0.2) is 5.75 Å². The highest BCUT2D eigenvalue weighted by atomic mass is 127. The van der Waals surface area contributed by atoms with E-state index >= 15 is 0 Å². The van der Waals surface area contributed by atoms with E-state index in [9.17, 15) is 21.6 Å². The van der Waals surface area contributed by atoms with E-state index in [1.165, 1.54) is 0 Å². The highest BCUT2D eigenvalue weighted by Crippen LogP contribution is 2.37. The van der Waals surface area contributed by atoms with Crippen molar-refractivity contribution in [2.75, 3.05) is 0 Å². The van der Waals surface area contributed by atoms with Crippen LogP contribution >= 0.6 is 38.5 Å². The zero-order chi connectivity index (χ0) is 13.4. The molecular formula is C6H3BrF3IN2O3S. The number of halogens is 5. The molecule has 11 heteroatoms. The standard InChI is InChI=1S/C6H3BrF3IN2O3S/c7-3-2(11)1-13-5(17(12,14)15)4(3)16-6(8,9)10/h1H,(H2,12,14,15). The molecule has 1 rings (SSSR count). The quantitative estimate of drug-likeness (QED) is 0.704. The van der Waals surface area contributed by atoms with Crippen LogP contribution in [0.4, 0.5) is 13.2 Å². The van der Waals surface area contributed by atoms with Crippen LogP contribution in [0.25, 0.3) is 0 Å². The summed E-state index contributed by atoms with van der Waals surface area (Å²) in [7, 11) is -4.41. The Morgan fingerprint density at radius 3 is 2.41 bits per heavy atom. The van der Waals surface area contributed by atoms with Crippen LogP contribution in [-0.2, 0) is 10.0 Å². The summed E-state index contributed by atoms with van der Waals surface area (Å²) < 4.78 is 62.1. The molecule has 0 saturated heterocycles. The first kappa shape index (κ1) is 14.9. The number of nitrogens with zero attached hydrogens (tertiary/aromatic N) is 1. The summed E-state index contributed by atoms with van der Waals surface area (Å²) in [6.45, 7) is 0. The van der Waals surface area contributed by atoms with Crippen LogP contribution in [0.2, 0.25) is 0 Å². The monoisotopic (exact) mass is 446 g/mol. The van der Waals surface area contributed by atoms with Gasteiger partial charge in [0.05, 0.1) is 4.47 Å². The molecule has 0 fully saturated rings. The predicted molar refractivity (Wildman–Crippen MR) is 62.7 cm³/mol. The molecule has 0 spiro atoms. The predicted octanol–water partition coefficient (Wildman–Crippen LogP) is 1.99. The summed E-state index contributed by atoms with van der Waals surface area (Å²) >= 11 is 4.44. The highest BCUT2D eigenvalue weighted by molar-refractivity contribution is 14.1.